The summed E-state index contributed by atoms with van der Waals surface area (Å²) in [7, 11) is 0. The van der Waals surface area contributed by atoms with Crippen LogP contribution in [-0.2, 0) is 11.0 Å². The molecule has 1 aromatic rings. The first-order valence-electron chi connectivity index (χ1n) is 7.89. The van der Waals surface area contributed by atoms with Crippen LogP contribution in [0.1, 0.15) is 85.8 Å². The lowest BCUT2D eigenvalue weighted by Crippen LogP contribution is -2.30. The van der Waals surface area contributed by atoms with E-state index in [1.807, 2.05) is 0 Å². The minimum Gasteiger partial charge on any atom is -0.246 e. The number of rotatable bonds is 8. The van der Waals surface area contributed by atoms with Crippen LogP contribution in [0.5, 0.6) is 0 Å². The molecule has 0 spiro atoms. The molecule has 0 amide bonds. The van der Waals surface area contributed by atoms with Crippen molar-refractivity contribution in [3.8, 4) is 0 Å². The molecule has 0 saturated carbocycles. The maximum Gasteiger partial charge on any atom is 0.0886 e. The summed E-state index contributed by atoms with van der Waals surface area (Å²) in [5, 5.41) is 8.93. The Labute approximate surface area is 118 Å². The van der Waals surface area contributed by atoms with E-state index in [1.54, 1.807) is 0 Å². The molecule has 0 aliphatic rings. The van der Waals surface area contributed by atoms with Gasteiger partial charge in [-0.3, -0.25) is 0 Å². The number of hydrogen-bond donors (Lipinski definition) is 0. The zero-order valence-electron chi connectivity index (χ0n) is 13.7. The first-order chi connectivity index (χ1) is 8.95. The smallest absolute Gasteiger partial charge is 0.0886 e. The summed E-state index contributed by atoms with van der Waals surface area (Å²) >= 11 is 0. The second kappa shape index (κ2) is 6.53. The predicted octanol–water partition coefficient (Wildman–Crippen LogP) is 4.67. The average Bonchev–Trinajstić information content (AvgIpc) is 2.90. The molecule has 0 saturated heterocycles. The maximum atomic E-state index is 4.49. The van der Waals surface area contributed by atoms with Crippen LogP contribution in [0.25, 0.3) is 0 Å². The molecule has 0 bridgehead atoms. The maximum absolute atomic E-state index is 4.49. The van der Waals surface area contributed by atoms with E-state index in [4.69, 9.17) is 0 Å². The Morgan fingerprint density at radius 3 is 2.11 bits per heavy atom. The van der Waals surface area contributed by atoms with Gasteiger partial charge >= 0.3 is 0 Å². The second-order valence-corrected chi connectivity index (χ2v) is 6.31. The molecule has 1 rings (SSSR count). The third-order valence-corrected chi connectivity index (χ3v) is 4.80. The molecule has 0 aromatic carbocycles. The SMILES string of the molecule is CCCC(C)(CC)c1cn([C@@](C)(CC)CCC)nn1. The molecule has 0 fully saturated rings. The Kier molecular flexibility index (Phi) is 5.57. The quantitative estimate of drug-likeness (QED) is 0.683. The highest BCUT2D eigenvalue weighted by atomic mass is 15.4. The summed E-state index contributed by atoms with van der Waals surface area (Å²) in [6.45, 7) is 13.6. The summed E-state index contributed by atoms with van der Waals surface area (Å²) < 4.78 is 2.11. The zero-order chi connectivity index (χ0) is 14.5. The summed E-state index contributed by atoms with van der Waals surface area (Å²) in [4.78, 5) is 0. The highest BCUT2D eigenvalue weighted by molar-refractivity contribution is 5.11. The van der Waals surface area contributed by atoms with E-state index >= 15 is 0 Å². The first kappa shape index (κ1) is 16.2. The van der Waals surface area contributed by atoms with Gasteiger partial charge in [-0.25, -0.2) is 4.68 Å². The van der Waals surface area contributed by atoms with E-state index in [9.17, 15) is 0 Å². The van der Waals surface area contributed by atoms with Crippen LogP contribution in [-0.4, -0.2) is 15.0 Å². The van der Waals surface area contributed by atoms with Crippen molar-refractivity contribution in [1.29, 1.82) is 0 Å². The summed E-state index contributed by atoms with van der Waals surface area (Å²) in [5.41, 5.74) is 1.45. The van der Waals surface area contributed by atoms with Crippen LogP contribution >= 0.6 is 0 Å². The largest absolute Gasteiger partial charge is 0.246 e. The van der Waals surface area contributed by atoms with E-state index in [2.05, 4.69) is 62.7 Å². The van der Waals surface area contributed by atoms with Crippen molar-refractivity contribution in [1.82, 2.24) is 15.0 Å². The Morgan fingerprint density at radius 2 is 1.63 bits per heavy atom. The Bertz CT molecular complexity index is 351. The topological polar surface area (TPSA) is 30.7 Å². The van der Waals surface area contributed by atoms with E-state index in [0.29, 0.717) is 0 Å². The van der Waals surface area contributed by atoms with Crippen molar-refractivity contribution >= 4 is 0 Å². The standard InChI is InChI=1S/C16H31N3/c1-7-11-15(5,9-3)14-13-19(18-17-14)16(6,10-4)12-8-2/h13H,7-12H2,1-6H3/t15?,16-/m0/s1. The monoisotopic (exact) mass is 265 g/mol. The molecule has 0 radical (unpaired) electrons. The molecular formula is C16H31N3. The third-order valence-electron chi connectivity index (χ3n) is 4.80. The van der Waals surface area contributed by atoms with Gasteiger partial charge in [0.05, 0.1) is 11.2 Å². The Hall–Kier alpha value is -0.860. The van der Waals surface area contributed by atoms with Crippen LogP contribution in [0.3, 0.4) is 0 Å². The number of hydrogen-bond acceptors (Lipinski definition) is 2. The van der Waals surface area contributed by atoms with Crippen molar-refractivity contribution in [2.45, 2.75) is 91.0 Å². The van der Waals surface area contributed by atoms with E-state index in [1.165, 1.54) is 19.3 Å². The molecule has 0 aliphatic carbocycles. The second-order valence-electron chi connectivity index (χ2n) is 6.31. The van der Waals surface area contributed by atoms with E-state index in [-0.39, 0.29) is 11.0 Å². The molecular weight excluding hydrogens is 234 g/mol. The molecule has 2 atom stereocenters. The lowest BCUT2D eigenvalue weighted by molar-refractivity contribution is 0.246. The summed E-state index contributed by atoms with van der Waals surface area (Å²) in [6, 6.07) is 0. The van der Waals surface area contributed by atoms with Crippen LogP contribution in [0, 0.1) is 0 Å². The highest BCUT2D eigenvalue weighted by Crippen LogP contribution is 2.33. The minimum atomic E-state index is 0.112. The Balaban J connectivity index is 3.04. The molecule has 3 heteroatoms. The molecule has 0 aliphatic heterocycles. The first-order valence-corrected chi connectivity index (χ1v) is 7.89. The van der Waals surface area contributed by atoms with Gasteiger partial charge in [-0.2, -0.15) is 0 Å². The van der Waals surface area contributed by atoms with Gasteiger partial charge in [-0.05, 0) is 32.6 Å². The molecule has 1 unspecified atom stereocenters. The van der Waals surface area contributed by atoms with E-state index < -0.39 is 0 Å². The molecule has 1 aromatic heterocycles. The van der Waals surface area contributed by atoms with Crippen molar-refractivity contribution in [2.24, 2.45) is 0 Å². The molecule has 1 heterocycles. The summed E-state index contributed by atoms with van der Waals surface area (Å²) in [6.07, 6.45) is 9.12. The zero-order valence-corrected chi connectivity index (χ0v) is 13.7. The number of aromatic nitrogens is 3. The third kappa shape index (κ3) is 3.37. The normalized spacial score (nSPS) is 18.0. The van der Waals surface area contributed by atoms with Gasteiger partial charge in [0.2, 0.25) is 0 Å². The van der Waals surface area contributed by atoms with Gasteiger partial charge < -0.3 is 0 Å². The minimum absolute atomic E-state index is 0.112. The van der Waals surface area contributed by atoms with Gasteiger partial charge in [0.25, 0.3) is 0 Å². The lowest BCUT2D eigenvalue weighted by atomic mass is 9.80. The molecule has 0 N–H and O–H groups in total. The molecule has 19 heavy (non-hydrogen) atoms. The van der Waals surface area contributed by atoms with Crippen molar-refractivity contribution in [3.63, 3.8) is 0 Å². The average molecular weight is 265 g/mol. The van der Waals surface area contributed by atoms with Gasteiger partial charge in [0.15, 0.2) is 0 Å². The fourth-order valence-corrected chi connectivity index (χ4v) is 2.83. The molecule has 110 valence electrons. The fraction of sp³-hybridized carbons (Fsp3) is 0.875. The van der Waals surface area contributed by atoms with Gasteiger partial charge in [-0.15, -0.1) is 5.10 Å². The predicted molar refractivity (Wildman–Crippen MR) is 81.4 cm³/mol. The number of nitrogens with zero attached hydrogens (tertiary/aromatic N) is 3. The fourth-order valence-electron chi connectivity index (χ4n) is 2.83. The summed E-state index contributed by atoms with van der Waals surface area (Å²) in [5.74, 6) is 0. The lowest BCUT2D eigenvalue weighted by Gasteiger charge is -2.28. The van der Waals surface area contributed by atoms with Gasteiger partial charge in [0.1, 0.15) is 0 Å². The van der Waals surface area contributed by atoms with Crippen LogP contribution in [0.2, 0.25) is 0 Å². The van der Waals surface area contributed by atoms with Crippen LogP contribution in [0.4, 0.5) is 0 Å². The van der Waals surface area contributed by atoms with Crippen molar-refractivity contribution in [3.05, 3.63) is 11.9 Å². The van der Waals surface area contributed by atoms with Crippen molar-refractivity contribution in [2.75, 3.05) is 0 Å². The van der Waals surface area contributed by atoms with Crippen LogP contribution in [0.15, 0.2) is 6.20 Å². The van der Waals surface area contributed by atoms with Crippen LogP contribution < -0.4 is 0 Å². The van der Waals surface area contributed by atoms with Gasteiger partial charge in [-0.1, -0.05) is 52.7 Å². The Morgan fingerprint density at radius 1 is 1.00 bits per heavy atom. The van der Waals surface area contributed by atoms with Crippen molar-refractivity contribution < 1.29 is 0 Å². The van der Waals surface area contributed by atoms with Gasteiger partial charge in [0, 0.05) is 11.6 Å². The van der Waals surface area contributed by atoms with E-state index in [0.717, 1.165) is 25.0 Å². The molecule has 3 nitrogen and oxygen atoms in total. The highest BCUT2D eigenvalue weighted by Gasteiger charge is 2.30.